The first-order chi connectivity index (χ1) is 11.5. The van der Waals surface area contributed by atoms with E-state index in [9.17, 15) is 4.79 Å². The maximum atomic E-state index is 12.5. The number of ether oxygens (including phenoxy) is 1. The predicted molar refractivity (Wildman–Crippen MR) is 93.5 cm³/mol. The van der Waals surface area contributed by atoms with Gasteiger partial charge in [-0.15, -0.1) is 0 Å². The van der Waals surface area contributed by atoms with E-state index in [1.54, 1.807) is 4.90 Å². The Bertz CT molecular complexity index is 441. The summed E-state index contributed by atoms with van der Waals surface area (Å²) >= 11 is 0. The number of morpholine rings is 1. The lowest BCUT2D eigenvalue weighted by Gasteiger charge is -2.38. The standard InChI is InChI=1S/C18H32N4O2/c1-4-21(10-6-8-19)18(23)14-22-9-5-7-17(22)13-20-11-15(2)24-16(3)12-20/h15-17H,4-7,9-14H2,1-3H3. The molecule has 2 saturated heterocycles. The molecule has 0 saturated carbocycles. The average Bonchev–Trinajstić information content (AvgIpc) is 2.94. The first-order valence-corrected chi connectivity index (χ1v) is 9.30. The number of carbonyl (C=O) groups is 1. The number of rotatable bonds is 7. The van der Waals surface area contributed by atoms with E-state index < -0.39 is 0 Å². The number of hydrogen-bond acceptors (Lipinski definition) is 5. The van der Waals surface area contributed by atoms with Gasteiger partial charge in [0.1, 0.15) is 0 Å². The lowest BCUT2D eigenvalue weighted by atomic mass is 10.1. The highest BCUT2D eigenvalue weighted by atomic mass is 16.5. The van der Waals surface area contributed by atoms with E-state index in [1.807, 2.05) is 6.92 Å². The van der Waals surface area contributed by atoms with E-state index >= 15 is 0 Å². The van der Waals surface area contributed by atoms with Crippen LogP contribution in [0.2, 0.25) is 0 Å². The second kappa shape index (κ2) is 9.36. The zero-order valence-corrected chi connectivity index (χ0v) is 15.4. The third-order valence-electron chi connectivity index (χ3n) is 5.03. The number of likely N-dealkylation sites (N-methyl/N-ethyl adjacent to an activating group) is 1. The maximum Gasteiger partial charge on any atom is 0.236 e. The van der Waals surface area contributed by atoms with E-state index in [2.05, 4.69) is 29.7 Å². The Labute approximate surface area is 146 Å². The van der Waals surface area contributed by atoms with Crippen molar-refractivity contribution in [2.24, 2.45) is 0 Å². The van der Waals surface area contributed by atoms with Gasteiger partial charge in [0.25, 0.3) is 0 Å². The van der Waals surface area contributed by atoms with Gasteiger partial charge < -0.3 is 9.64 Å². The van der Waals surface area contributed by atoms with Crippen molar-refractivity contribution in [3.63, 3.8) is 0 Å². The first kappa shape index (κ1) is 19.2. The summed E-state index contributed by atoms with van der Waals surface area (Å²) in [5.74, 6) is 0.156. The minimum Gasteiger partial charge on any atom is -0.373 e. The Morgan fingerprint density at radius 3 is 2.67 bits per heavy atom. The maximum absolute atomic E-state index is 12.5. The molecule has 0 aromatic rings. The van der Waals surface area contributed by atoms with Crippen LogP contribution in [0.1, 0.15) is 40.0 Å². The van der Waals surface area contributed by atoms with Gasteiger partial charge in [-0.05, 0) is 40.2 Å². The van der Waals surface area contributed by atoms with Crippen molar-refractivity contribution in [2.75, 3.05) is 45.8 Å². The highest BCUT2D eigenvalue weighted by Gasteiger charge is 2.31. The van der Waals surface area contributed by atoms with Gasteiger partial charge in [0, 0.05) is 38.8 Å². The number of hydrogen-bond donors (Lipinski definition) is 0. The van der Waals surface area contributed by atoms with Crippen molar-refractivity contribution in [3.05, 3.63) is 0 Å². The third kappa shape index (κ3) is 5.44. The topological polar surface area (TPSA) is 59.8 Å². The van der Waals surface area contributed by atoms with Crippen LogP contribution in [0.5, 0.6) is 0 Å². The molecule has 24 heavy (non-hydrogen) atoms. The molecule has 0 spiro atoms. The van der Waals surface area contributed by atoms with Crippen LogP contribution >= 0.6 is 0 Å². The zero-order chi connectivity index (χ0) is 17.5. The second-order valence-electron chi connectivity index (χ2n) is 7.12. The second-order valence-corrected chi connectivity index (χ2v) is 7.12. The monoisotopic (exact) mass is 336 g/mol. The molecule has 2 aliphatic heterocycles. The summed E-state index contributed by atoms with van der Waals surface area (Å²) in [5.41, 5.74) is 0. The average molecular weight is 336 g/mol. The van der Waals surface area contributed by atoms with E-state index in [0.29, 0.717) is 32.1 Å². The minimum absolute atomic E-state index is 0.156. The summed E-state index contributed by atoms with van der Waals surface area (Å²) in [5, 5.41) is 8.73. The van der Waals surface area contributed by atoms with Crippen molar-refractivity contribution in [1.29, 1.82) is 5.26 Å². The smallest absolute Gasteiger partial charge is 0.236 e. The summed E-state index contributed by atoms with van der Waals surface area (Å²) in [6, 6.07) is 2.59. The molecule has 0 aromatic heterocycles. The van der Waals surface area contributed by atoms with E-state index in [-0.39, 0.29) is 18.1 Å². The summed E-state index contributed by atoms with van der Waals surface area (Å²) in [6.45, 7) is 11.9. The predicted octanol–water partition coefficient (Wildman–Crippen LogP) is 1.32. The molecule has 0 bridgehead atoms. The molecule has 2 rings (SSSR count). The van der Waals surface area contributed by atoms with E-state index in [0.717, 1.165) is 39.0 Å². The lowest BCUT2D eigenvalue weighted by molar-refractivity contribution is -0.132. The fourth-order valence-corrected chi connectivity index (χ4v) is 3.96. The lowest BCUT2D eigenvalue weighted by Crippen LogP contribution is -2.51. The molecule has 3 atom stereocenters. The van der Waals surface area contributed by atoms with Gasteiger partial charge >= 0.3 is 0 Å². The molecule has 1 amide bonds. The van der Waals surface area contributed by atoms with Crippen LogP contribution in [0.4, 0.5) is 0 Å². The van der Waals surface area contributed by atoms with Gasteiger partial charge in [-0.3, -0.25) is 14.6 Å². The summed E-state index contributed by atoms with van der Waals surface area (Å²) in [7, 11) is 0. The van der Waals surface area contributed by atoms with Crippen molar-refractivity contribution in [3.8, 4) is 6.07 Å². The van der Waals surface area contributed by atoms with Crippen molar-refractivity contribution >= 4 is 5.91 Å². The van der Waals surface area contributed by atoms with Crippen molar-refractivity contribution in [2.45, 2.75) is 58.3 Å². The summed E-state index contributed by atoms with van der Waals surface area (Å²) in [4.78, 5) is 19.1. The van der Waals surface area contributed by atoms with E-state index in [4.69, 9.17) is 10.00 Å². The zero-order valence-electron chi connectivity index (χ0n) is 15.4. The highest BCUT2D eigenvalue weighted by Crippen LogP contribution is 2.20. The summed E-state index contributed by atoms with van der Waals surface area (Å²) in [6.07, 6.45) is 3.31. The number of amides is 1. The van der Waals surface area contributed by atoms with Crippen LogP contribution in [-0.2, 0) is 9.53 Å². The van der Waals surface area contributed by atoms with Crippen LogP contribution in [0, 0.1) is 11.3 Å². The van der Waals surface area contributed by atoms with E-state index in [1.165, 1.54) is 0 Å². The molecule has 0 aliphatic carbocycles. The molecule has 0 radical (unpaired) electrons. The molecular formula is C18H32N4O2. The fraction of sp³-hybridized carbons (Fsp3) is 0.889. The van der Waals surface area contributed by atoms with Crippen LogP contribution in [0.3, 0.4) is 0 Å². The Morgan fingerprint density at radius 2 is 2.04 bits per heavy atom. The van der Waals surface area contributed by atoms with Gasteiger partial charge in [-0.25, -0.2) is 0 Å². The number of carbonyl (C=O) groups excluding carboxylic acids is 1. The van der Waals surface area contributed by atoms with Crippen LogP contribution in [0.15, 0.2) is 0 Å². The molecule has 2 heterocycles. The Balaban J connectivity index is 1.86. The van der Waals surface area contributed by atoms with Crippen LogP contribution in [-0.4, -0.2) is 84.7 Å². The molecule has 6 nitrogen and oxygen atoms in total. The number of nitrogens with zero attached hydrogens (tertiary/aromatic N) is 4. The highest BCUT2D eigenvalue weighted by molar-refractivity contribution is 5.78. The normalized spacial score (nSPS) is 28.7. The first-order valence-electron chi connectivity index (χ1n) is 9.30. The van der Waals surface area contributed by atoms with Crippen molar-refractivity contribution in [1.82, 2.24) is 14.7 Å². The SMILES string of the molecule is CCN(CCC#N)C(=O)CN1CCCC1CN1CC(C)OC(C)C1. The molecule has 3 unspecified atom stereocenters. The van der Waals surface area contributed by atoms with Crippen LogP contribution < -0.4 is 0 Å². The third-order valence-corrected chi connectivity index (χ3v) is 5.03. The molecule has 6 heteroatoms. The van der Waals surface area contributed by atoms with Gasteiger partial charge in [0.15, 0.2) is 0 Å². The van der Waals surface area contributed by atoms with Gasteiger partial charge in [0.2, 0.25) is 5.91 Å². The van der Waals surface area contributed by atoms with Crippen LogP contribution in [0.25, 0.3) is 0 Å². The summed E-state index contributed by atoms with van der Waals surface area (Å²) < 4.78 is 5.81. The largest absolute Gasteiger partial charge is 0.373 e. The quantitative estimate of drug-likeness (QED) is 0.702. The molecule has 2 fully saturated rings. The van der Waals surface area contributed by atoms with Gasteiger partial charge in [-0.2, -0.15) is 5.26 Å². The molecule has 0 N–H and O–H groups in total. The molecule has 136 valence electrons. The number of likely N-dealkylation sites (tertiary alicyclic amines) is 1. The van der Waals surface area contributed by atoms with Gasteiger partial charge in [-0.1, -0.05) is 0 Å². The molecule has 2 aliphatic rings. The Hall–Kier alpha value is -1.16. The Kier molecular flexibility index (Phi) is 7.47. The minimum atomic E-state index is 0.156. The van der Waals surface area contributed by atoms with Crippen molar-refractivity contribution < 1.29 is 9.53 Å². The molecule has 0 aromatic carbocycles. The Morgan fingerprint density at radius 1 is 1.33 bits per heavy atom. The number of nitriles is 1. The van der Waals surface area contributed by atoms with Gasteiger partial charge in [0.05, 0.1) is 31.2 Å². The fourth-order valence-electron chi connectivity index (χ4n) is 3.96. The molecular weight excluding hydrogens is 304 g/mol.